The van der Waals surface area contributed by atoms with Crippen LogP contribution in [0.2, 0.25) is 0 Å². The predicted molar refractivity (Wildman–Crippen MR) is 81.6 cm³/mol. The molecule has 0 spiro atoms. The van der Waals surface area contributed by atoms with Crippen molar-refractivity contribution in [2.24, 2.45) is 5.92 Å². The molecule has 0 unspecified atom stereocenters. The fourth-order valence-corrected chi connectivity index (χ4v) is 4.35. The van der Waals surface area contributed by atoms with Gasteiger partial charge in [-0.05, 0) is 34.9 Å². The highest BCUT2D eigenvalue weighted by Gasteiger charge is 2.32. The molecule has 1 saturated heterocycles. The Morgan fingerprint density at radius 2 is 2.04 bits per heavy atom. The molecular formula is C14H17N5O3S. The van der Waals surface area contributed by atoms with Crippen molar-refractivity contribution in [1.29, 1.82) is 0 Å². The van der Waals surface area contributed by atoms with E-state index in [1.54, 1.807) is 29.2 Å². The average Bonchev–Trinajstić information content (AvgIpc) is 3.16. The zero-order valence-electron chi connectivity index (χ0n) is 12.7. The van der Waals surface area contributed by atoms with Gasteiger partial charge in [-0.2, -0.15) is 4.68 Å². The van der Waals surface area contributed by atoms with Crippen LogP contribution in [0.25, 0.3) is 5.69 Å². The SMILES string of the molecule is CC(=O)N1CC[C@H](CS(=O)(=O)c2nnnn2-c2ccccc2)C1. The first kappa shape index (κ1) is 15.6. The van der Waals surface area contributed by atoms with E-state index in [9.17, 15) is 13.2 Å². The van der Waals surface area contributed by atoms with Crippen molar-refractivity contribution in [2.45, 2.75) is 18.5 Å². The molecule has 23 heavy (non-hydrogen) atoms. The summed E-state index contributed by atoms with van der Waals surface area (Å²) in [5, 5.41) is 10.8. The van der Waals surface area contributed by atoms with E-state index in [0.717, 1.165) is 0 Å². The molecule has 1 aromatic heterocycles. The third-order valence-corrected chi connectivity index (χ3v) is 5.63. The number of hydrogen-bond donors (Lipinski definition) is 0. The molecule has 1 aliphatic rings. The Morgan fingerprint density at radius 3 is 2.70 bits per heavy atom. The van der Waals surface area contributed by atoms with E-state index in [1.165, 1.54) is 11.6 Å². The Bertz CT molecular complexity index is 803. The number of sulfone groups is 1. The minimum Gasteiger partial charge on any atom is -0.343 e. The van der Waals surface area contributed by atoms with Crippen LogP contribution in [0.15, 0.2) is 35.5 Å². The van der Waals surface area contributed by atoms with Gasteiger partial charge in [0.15, 0.2) is 0 Å². The molecule has 1 aromatic carbocycles. The van der Waals surface area contributed by atoms with Crippen LogP contribution in [0.4, 0.5) is 0 Å². The van der Waals surface area contributed by atoms with Crippen LogP contribution in [-0.4, -0.2) is 58.3 Å². The predicted octanol–water partition coefficient (Wildman–Crippen LogP) is 0.304. The monoisotopic (exact) mass is 335 g/mol. The number of nitrogens with zero attached hydrogens (tertiary/aromatic N) is 5. The summed E-state index contributed by atoms with van der Waals surface area (Å²) in [7, 11) is -3.64. The number of para-hydroxylation sites is 1. The maximum atomic E-state index is 12.7. The molecular weight excluding hydrogens is 318 g/mol. The molecule has 2 heterocycles. The fourth-order valence-electron chi connectivity index (χ4n) is 2.74. The van der Waals surface area contributed by atoms with Gasteiger partial charge in [0.05, 0.1) is 11.4 Å². The number of aromatic nitrogens is 4. The summed E-state index contributed by atoms with van der Waals surface area (Å²) in [5.41, 5.74) is 0.591. The number of amides is 1. The Labute approximate surface area is 134 Å². The lowest BCUT2D eigenvalue weighted by Gasteiger charge is -2.13. The smallest absolute Gasteiger partial charge is 0.272 e. The lowest BCUT2D eigenvalue weighted by Crippen LogP contribution is -2.28. The summed E-state index contributed by atoms with van der Waals surface area (Å²) in [6.45, 7) is 2.55. The second kappa shape index (κ2) is 6.07. The summed E-state index contributed by atoms with van der Waals surface area (Å²) < 4.78 is 26.5. The van der Waals surface area contributed by atoms with Crippen molar-refractivity contribution >= 4 is 15.7 Å². The highest BCUT2D eigenvalue weighted by atomic mass is 32.2. The number of benzene rings is 1. The third kappa shape index (κ3) is 3.24. The molecule has 8 nitrogen and oxygen atoms in total. The molecule has 1 atom stereocenters. The van der Waals surface area contributed by atoms with Crippen molar-refractivity contribution in [1.82, 2.24) is 25.1 Å². The zero-order valence-corrected chi connectivity index (χ0v) is 13.5. The molecule has 9 heteroatoms. The first-order chi connectivity index (χ1) is 11.0. The van der Waals surface area contributed by atoms with E-state index in [2.05, 4.69) is 15.5 Å². The molecule has 0 N–H and O–H groups in total. The van der Waals surface area contributed by atoms with Crippen LogP contribution in [0.5, 0.6) is 0 Å². The molecule has 0 saturated carbocycles. The van der Waals surface area contributed by atoms with Crippen molar-refractivity contribution in [3.05, 3.63) is 30.3 Å². The van der Waals surface area contributed by atoms with E-state index in [1.807, 2.05) is 6.07 Å². The van der Waals surface area contributed by atoms with E-state index < -0.39 is 9.84 Å². The van der Waals surface area contributed by atoms with Gasteiger partial charge >= 0.3 is 0 Å². The summed E-state index contributed by atoms with van der Waals surface area (Å²) in [4.78, 5) is 13.0. The highest BCUT2D eigenvalue weighted by molar-refractivity contribution is 7.91. The molecule has 2 aromatic rings. The standard InChI is InChI=1S/C14H17N5O3S/c1-11(20)18-8-7-12(9-18)10-23(21,22)14-15-16-17-19(14)13-5-3-2-4-6-13/h2-6,12H,7-10H2,1H3/t12-/m0/s1. The quantitative estimate of drug-likeness (QED) is 0.797. The fraction of sp³-hybridized carbons (Fsp3) is 0.429. The molecule has 122 valence electrons. The van der Waals surface area contributed by atoms with Gasteiger partial charge in [0.1, 0.15) is 0 Å². The van der Waals surface area contributed by atoms with Crippen LogP contribution < -0.4 is 0 Å². The van der Waals surface area contributed by atoms with Gasteiger partial charge in [0.25, 0.3) is 5.16 Å². The number of carbonyl (C=O) groups excluding carboxylic acids is 1. The van der Waals surface area contributed by atoms with Crippen LogP contribution >= 0.6 is 0 Å². The van der Waals surface area contributed by atoms with E-state index in [-0.39, 0.29) is 22.7 Å². The largest absolute Gasteiger partial charge is 0.343 e. The lowest BCUT2D eigenvalue weighted by molar-refractivity contribution is -0.127. The number of rotatable bonds is 4. The van der Waals surface area contributed by atoms with Gasteiger partial charge in [0, 0.05) is 20.0 Å². The first-order valence-electron chi connectivity index (χ1n) is 7.29. The van der Waals surface area contributed by atoms with Gasteiger partial charge < -0.3 is 4.90 Å². The van der Waals surface area contributed by atoms with Crippen molar-refractivity contribution < 1.29 is 13.2 Å². The van der Waals surface area contributed by atoms with Crippen LogP contribution in [0.1, 0.15) is 13.3 Å². The first-order valence-corrected chi connectivity index (χ1v) is 8.94. The Kier molecular flexibility index (Phi) is 4.12. The summed E-state index contributed by atoms with van der Waals surface area (Å²) in [6.07, 6.45) is 0.672. The average molecular weight is 335 g/mol. The normalized spacial score (nSPS) is 18.3. The highest BCUT2D eigenvalue weighted by Crippen LogP contribution is 2.22. The minimum absolute atomic E-state index is 0.0287. The maximum absolute atomic E-state index is 12.7. The van der Waals surface area contributed by atoms with Crippen LogP contribution in [-0.2, 0) is 14.6 Å². The van der Waals surface area contributed by atoms with Crippen LogP contribution in [0, 0.1) is 5.92 Å². The summed E-state index contributed by atoms with van der Waals surface area (Å²) in [6, 6.07) is 8.88. The molecule has 3 rings (SSSR count). The van der Waals surface area contributed by atoms with E-state index in [4.69, 9.17) is 0 Å². The molecule has 0 aliphatic carbocycles. The Morgan fingerprint density at radius 1 is 1.30 bits per heavy atom. The van der Waals surface area contributed by atoms with E-state index in [0.29, 0.717) is 25.2 Å². The zero-order chi connectivity index (χ0) is 16.4. The summed E-state index contributed by atoms with van der Waals surface area (Å²) >= 11 is 0. The topological polar surface area (TPSA) is 98.1 Å². The maximum Gasteiger partial charge on any atom is 0.272 e. The molecule has 1 aliphatic heterocycles. The van der Waals surface area contributed by atoms with Gasteiger partial charge in [-0.15, -0.1) is 0 Å². The molecule has 0 bridgehead atoms. The molecule has 1 fully saturated rings. The van der Waals surface area contributed by atoms with Crippen molar-refractivity contribution in [3.8, 4) is 5.69 Å². The molecule has 0 radical (unpaired) electrons. The number of tetrazole rings is 1. The third-order valence-electron chi connectivity index (χ3n) is 3.91. The van der Waals surface area contributed by atoms with Crippen molar-refractivity contribution in [2.75, 3.05) is 18.8 Å². The number of carbonyl (C=O) groups is 1. The van der Waals surface area contributed by atoms with Gasteiger partial charge in [0.2, 0.25) is 15.7 Å². The Hall–Kier alpha value is -2.29. The molecule has 1 amide bonds. The Balaban J connectivity index is 1.82. The van der Waals surface area contributed by atoms with Gasteiger partial charge in [-0.1, -0.05) is 23.3 Å². The summed E-state index contributed by atoms with van der Waals surface area (Å²) in [5.74, 6) is -0.187. The van der Waals surface area contributed by atoms with Gasteiger partial charge in [-0.3, -0.25) is 4.79 Å². The van der Waals surface area contributed by atoms with Crippen molar-refractivity contribution in [3.63, 3.8) is 0 Å². The second-order valence-corrected chi connectivity index (χ2v) is 7.54. The number of likely N-dealkylation sites (tertiary alicyclic amines) is 1. The number of hydrogen-bond acceptors (Lipinski definition) is 6. The lowest BCUT2D eigenvalue weighted by atomic mass is 10.2. The van der Waals surface area contributed by atoms with Crippen LogP contribution in [0.3, 0.4) is 0 Å². The minimum atomic E-state index is -3.64. The van der Waals surface area contributed by atoms with Gasteiger partial charge in [-0.25, -0.2) is 8.42 Å². The second-order valence-electron chi connectivity index (χ2n) is 5.61. The van der Waals surface area contributed by atoms with E-state index >= 15 is 0 Å².